The molecule has 5 heteroatoms. The fourth-order valence-corrected chi connectivity index (χ4v) is 1.11. The lowest BCUT2D eigenvalue weighted by molar-refractivity contribution is -0.124. The lowest BCUT2D eigenvalue weighted by Crippen LogP contribution is -2.26. The summed E-state index contributed by atoms with van der Waals surface area (Å²) in [6.07, 6.45) is -0.523. The van der Waals surface area contributed by atoms with Gasteiger partial charge in [-0.25, -0.2) is 0 Å². The standard InChI is InChI=1S/C11H16N2O3/c1-7(15-2)11(14)13-10-6-8(16-3)4-5-9(10)12/h4-7H,12H2,1-3H3,(H,13,14). The highest BCUT2D eigenvalue weighted by Gasteiger charge is 2.13. The van der Waals surface area contributed by atoms with Crippen molar-refractivity contribution in [2.24, 2.45) is 0 Å². The van der Waals surface area contributed by atoms with E-state index in [4.69, 9.17) is 15.2 Å². The average molecular weight is 224 g/mol. The molecule has 0 heterocycles. The van der Waals surface area contributed by atoms with Crippen LogP contribution in [-0.4, -0.2) is 26.2 Å². The van der Waals surface area contributed by atoms with Crippen molar-refractivity contribution in [1.82, 2.24) is 0 Å². The number of nitrogens with one attached hydrogen (secondary N) is 1. The molecule has 0 saturated heterocycles. The first-order chi connectivity index (χ1) is 7.58. The molecule has 1 aromatic carbocycles. The van der Waals surface area contributed by atoms with Crippen LogP contribution in [0.25, 0.3) is 0 Å². The van der Waals surface area contributed by atoms with E-state index in [1.165, 1.54) is 7.11 Å². The van der Waals surface area contributed by atoms with Crippen molar-refractivity contribution in [3.05, 3.63) is 18.2 Å². The van der Waals surface area contributed by atoms with E-state index in [0.717, 1.165) is 0 Å². The zero-order valence-electron chi connectivity index (χ0n) is 9.61. The zero-order chi connectivity index (χ0) is 12.1. The van der Waals surface area contributed by atoms with Crippen molar-refractivity contribution in [3.8, 4) is 5.75 Å². The Hall–Kier alpha value is -1.75. The summed E-state index contributed by atoms with van der Waals surface area (Å²) in [7, 11) is 3.02. The number of rotatable bonds is 4. The van der Waals surface area contributed by atoms with Crippen LogP contribution < -0.4 is 15.8 Å². The van der Waals surface area contributed by atoms with Crippen LogP contribution in [0.5, 0.6) is 5.75 Å². The number of carbonyl (C=O) groups is 1. The number of nitrogens with two attached hydrogens (primary N) is 1. The number of ether oxygens (including phenoxy) is 2. The third-order valence-electron chi connectivity index (χ3n) is 2.24. The van der Waals surface area contributed by atoms with Crippen LogP contribution in [0.3, 0.4) is 0 Å². The Kier molecular flexibility index (Phi) is 4.13. The first-order valence-electron chi connectivity index (χ1n) is 4.85. The number of benzene rings is 1. The molecule has 0 saturated carbocycles. The molecule has 0 spiro atoms. The summed E-state index contributed by atoms with van der Waals surface area (Å²) in [5, 5.41) is 2.67. The zero-order valence-corrected chi connectivity index (χ0v) is 9.61. The van der Waals surface area contributed by atoms with Crippen molar-refractivity contribution in [1.29, 1.82) is 0 Å². The summed E-state index contributed by atoms with van der Waals surface area (Å²) in [5.41, 5.74) is 6.73. The Bertz CT molecular complexity index is 379. The minimum absolute atomic E-state index is 0.248. The molecular weight excluding hydrogens is 208 g/mol. The Morgan fingerprint density at radius 3 is 2.69 bits per heavy atom. The minimum Gasteiger partial charge on any atom is -0.497 e. The van der Waals surface area contributed by atoms with Crippen LogP contribution >= 0.6 is 0 Å². The molecule has 1 rings (SSSR count). The lowest BCUT2D eigenvalue weighted by atomic mass is 10.2. The first-order valence-corrected chi connectivity index (χ1v) is 4.85. The molecule has 1 aromatic rings. The number of amides is 1. The fraction of sp³-hybridized carbons (Fsp3) is 0.364. The molecule has 0 bridgehead atoms. The molecule has 3 N–H and O–H groups in total. The van der Waals surface area contributed by atoms with E-state index in [1.807, 2.05) is 0 Å². The van der Waals surface area contributed by atoms with E-state index in [1.54, 1.807) is 32.2 Å². The van der Waals surface area contributed by atoms with E-state index in [0.29, 0.717) is 17.1 Å². The third kappa shape index (κ3) is 2.87. The summed E-state index contributed by atoms with van der Waals surface area (Å²) >= 11 is 0. The fourth-order valence-electron chi connectivity index (χ4n) is 1.11. The van der Waals surface area contributed by atoms with Crippen LogP contribution in [0.15, 0.2) is 18.2 Å². The van der Waals surface area contributed by atoms with Gasteiger partial charge in [-0.05, 0) is 19.1 Å². The monoisotopic (exact) mass is 224 g/mol. The number of carbonyl (C=O) groups excluding carboxylic acids is 1. The van der Waals surface area contributed by atoms with Crippen LogP contribution in [0.2, 0.25) is 0 Å². The summed E-state index contributed by atoms with van der Waals surface area (Å²) in [6.45, 7) is 1.66. The van der Waals surface area contributed by atoms with E-state index in [2.05, 4.69) is 5.32 Å². The SMILES string of the molecule is COc1ccc(N)c(NC(=O)C(C)OC)c1. The number of anilines is 2. The lowest BCUT2D eigenvalue weighted by Gasteiger charge is -2.13. The molecule has 1 amide bonds. The van der Waals surface area contributed by atoms with Gasteiger partial charge >= 0.3 is 0 Å². The van der Waals surface area contributed by atoms with Crippen LogP contribution in [0, 0.1) is 0 Å². The summed E-state index contributed by atoms with van der Waals surface area (Å²) in [4.78, 5) is 11.6. The van der Waals surface area contributed by atoms with E-state index in [9.17, 15) is 4.79 Å². The molecule has 1 atom stereocenters. The van der Waals surface area contributed by atoms with E-state index < -0.39 is 6.10 Å². The highest BCUT2D eigenvalue weighted by atomic mass is 16.5. The van der Waals surface area contributed by atoms with Crippen molar-refractivity contribution in [2.75, 3.05) is 25.3 Å². The van der Waals surface area contributed by atoms with Gasteiger partial charge in [0.2, 0.25) is 0 Å². The number of hydrogen-bond donors (Lipinski definition) is 2. The molecule has 0 aliphatic rings. The molecule has 0 aromatic heterocycles. The van der Waals surface area contributed by atoms with Crippen molar-refractivity contribution in [2.45, 2.75) is 13.0 Å². The predicted octanol–water partition coefficient (Wildman–Crippen LogP) is 1.25. The largest absolute Gasteiger partial charge is 0.497 e. The molecule has 0 aliphatic heterocycles. The highest BCUT2D eigenvalue weighted by Crippen LogP contribution is 2.24. The third-order valence-corrected chi connectivity index (χ3v) is 2.24. The van der Waals surface area contributed by atoms with Crippen LogP contribution in [0.4, 0.5) is 11.4 Å². The number of methoxy groups -OCH3 is 2. The Morgan fingerprint density at radius 1 is 1.44 bits per heavy atom. The minimum atomic E-state index is -0.523. The van der Waals surface area contributed by atoms with Crippen LogP contribution in [0.1, 0.15) is 6.92 Å². The second kappa shape index (κ2) is 5.37. The van der Waals surface area contributed by atoms with E-state index in [-0.39, 0.29) is 5.91 Å². The molecule has 0 fully saturated rings. The molecule has 88 valence electrons. The maximum absolute atomic E-state index is 11.6. The molecule has 5 nitrogen and oxygen atoms in total. The summed E-state index contributed by atoms with van der Waals surface area (Å²) in [6, 6.07) is 5.06. The Labute approximate surface area is 94.5 Å². The second-order valence-corrected chi connectivity index (χ2v) is 3.32. The normalized spacial score (nSPS) is 11.9. The van der Waals surface area contributed by atoms with E-state index >= 15 is 0 Å². The van der Waals surface area contributed by atoms with Crippen molar-refractivity contribution < 1.29 is 14.3 Å². The molecule has 1 unspecified atom stereocenters. The van der Waals surface area contributed by atoms with Gasteiger partial charge in [0.1, 0.15) is 11.9 Å². The van der Waals surface area contributed by atoms with Crippen molar-refractivity contribution >= 4 is 17.3 Å². The summed E-state index contributed by atoms with van der Waals surface area (Å²) in [5.74, 6) is 0.386. The van der Waals surface area contributed by atoms with Gasteiger partial charge in [0.05, 0.1) is 18.5 Å². The number of hydrogen-bond acceptors (Lipinski definition) is 4. The van der Waals surface area contributed by atoms with Crippen LogP contribution in [-0.2, 0) is 9.53 Å². The molecule has 0 aliphatic carbocycles. The predicted molar refractivity (Wildman–Crippen MR) is 62.5 cm³/mol. The Morgan fingerprint density at radius 2 is 2.12 bits per heavy atom. The van der Waals surface area contributed by atoms with Gasteiger partial charge in [-0.1, -0.05) is 0 Å². The van der Waals surface area contributed by atoms with Gasteiger partial charge in [-0.2, -0.15) is 0 Å². The van der Waals surface area contributed by atoms with Gasteiger partial charge in [0.25, 0.3) is 5.91 Å². The maximum Gasteiger partial charge on any atom is 0.253 e. The second-order valence-electron chi connectivity index (χ2n) is 3.32. The van der Waals surface area contributed by atoms with Gasteiger partial charge < -0.3 is 20.5 Å². The van der Waals surface area contributed by atoms with Gasteiger partial charge in [0, 0.05) is 13.2 Å². The summed E-state index contributed by atoms with van der Waals surface area (Å²) < 4.78 is 9.94. The highest BCUT2D eigenvalue weighted by molar-refractivity contribution is 5.96. The topological polar surface area (TPSA) is 73.6 Å². The average Bonchev–Trinajstić information content (AvgIpc) is 2.30. The Balaban J connectivity index is 2.83. The smallest absolute Gasteiger partial charge is 0.253 e. The van der Waals surface area contributed by atoms with Gasteiger partial charge in [-0.3, -0.25) is 4.79 Å². The first kappa shape index (κ1) is 12.3. The molecular formula is C11H16N2O3. The maximum atomic E-state index is 11.6. The molecule has 0 radical (unpaired) electrons. The quantitative estimate of drug-likeness (QED) is 0.755. The number of nitrogen functional groups attached to an aromatic ring is 1. The van der Waals surface area contributed by atoms with Gasteiger partial charge in [-0.15, -0.1) is 0 Å². The van der Waals surface area contributed by atoms with Crippen molar-refractivity contribution in [3.63, 3.8) is 0 Å². The van der Waals surface area contributed by atoms with Gasteiger partial charge in [0.15, 0.2) is 0 Å². The molecule has 16 heavy (non-hydrogen) atoms.